The second kappa shape index (κ2) is 5.17. The van der Waals surface area contributed by atoms with Crippen LogP contribution in [0.1, 0.15) is 30.0 Å². The molecule has 1 heterocycles. The Balaban J connectivity index is 2.19. The predicted octanol–water partition coefficient (Wildman–Crippen LogP) is 3.07. The third-order valence-corrected chi connectivity index (χ3v) is 3.80. The smallest absolute Gasteiger partial charge is 0.0512 e. The molecule has 3 heteroatoms. The molecule has 1 fully saturated rings. The van der Waals surface area contributed by atoms with Gasteiger partial charge in [-0.25, -0.2) is 0 Å². The standard InChI is InChI=1S/C13H18ClNO/c1-9-4-2-6-11(12(9)14)13(15)10-5-3-7-16-8-10/h2,4,6,10,13H,3,5,7-8,15H2,1H3. The van der Waals surface area contributed by atoms with E-state index in [0.717, 1.165) is 42.2 Å². The lowest BCUT2D eigenvalue weighted by Crippen LogP contribution is -2.29. The lowest BCUT2D eigenvalue weighted by Gasteiger charge is -2.28. The summed E-state index contributed by atoms with van der Waals surface area (Å²) in [5.74, 6) is 0.396. The maximum absolute atomic E-state index is 6.29. The molecule has 1 saturated heterocycles. The first-order valence-corrected chi connectivity index (χ1v) is 6.16. The Hall–Kier alpha value is -0.570. The molecule has 0 aliphatic carbocycles. The van der Waals surface area contributed by atoms with E-state index in [-0.39, 0.29) is 6.04 Å². The van der Waals surface area contributed by atoms with Gasteiger partial charge in [0.15, 0.2) is 0 Å². The van der Waals surface area contributed by atoms with Crippen molar-refractivity contribution in [1.82, 2.24) is 0 Å². The summed E-state index contributed by atoms with van der Waals surface area (Å²) >= 11 is 6.29. The van der Waals surface area contributed by atoms with Gasteiger partial charge in [0.05, 0.1) is 6.61 Å². The van der Waals surface area contributed by atoms with Crippen LogP contribution in [0.4, 0.5) is 0 Å². The molecule has 16 heavy (non-hydrogen) atoms. The molecule has 2 atom stereocenters. The molecule has 0 aromatic heterocycles. The van der Waals surface area contributed by atoms with Gasteiger partial charge in [-0.2, -0.15) is 0 Å². The second-order valence-electron chi connectivity index (χ2n) is 4.48. The fourth-order valence-corrected chi connectivity index (χ4v) is 2.48. The van der Waals surface area contributed by atoms with Crippen molar-refractivity contribution in [3.63, 3.8) is 0 Å². The Morgan fingerprint density at radius 2 is 2.31 bits per heavy atom. The van der Waals surface area contributed by atoms with Gasteiger partial charge in [-0.3, -0.25) is 0 Å². The summed E-state index contributed by atoms with van der Waals surface area (Å²) in [6.07, 6.45) is 2.23. The van der Waals surface area contributed by atoms with Crippen molar-refractivity contribution in [3.05, 3.63) is 34.3 Å². The van der Waals surface area contributed by atoms with E-state index in [9.17, 15) is 0 Å². The molecule has 1 aromatic rings. The average Bonchev–Trinajstić information content (AvgIpc) is 2.33. The first-order chi connectivity index (χ1) is 7.70. The quantitative estimate of drug-likeness (QED) is 0.861. The lowest BCUT2D eigenvalue weighted by atomic mass is 9.89. The van der Waals surface area contributed by atoms with E-state index in [1.165, 1.54) is 0 Å². The highest BCUT2D eigenvalue weighted by molar-refractivity contribution is 6.32. The van der Waals surface area contributed by atoms with Crippen LogP contribution in [0.15, 0.2) is 18.2 Å². The Morgan fingerprint density at radius 1 is 1.50 bits per heavy atom. The Kier molecular flexibility index (Phi) is 3.85. The number of benzene rings is 1. The molecule has 0 saturated carbocycles. The molecule has 2 unspecified atom stereocenters. The van der Waals surface area contributed by atoms with Crippen LogP contribution >= 0.6 is 11.6 Å². The average molecular weight is 240 g/mol. The van der Waals surface area contributed by atoms with Crippen LogP contribution in [-0.2, 0) is 4.74 Å². The lowest BCUT2D eigenvalue weighted by molar-refractivity contribution is 0.0448. The molecule has 0 radical (unpaired) electrons. The van der Waals surface area contributed by atoms with Crippen LogP contribution in [0.2, 0.25) is 5.02 Å². The van der Waals surface area contributed by atoms with Gasteiger partial charge >= 0.3 is 0 Å². The fourth-order valence-electron chi connectivity index (χ4n) is 2.23. The van der Waals surface area contributed by atoms with E-state index in [4.69, 9.17) is 22.1 Å². The Labute approximate surface area is 102 Å². The maximum Gasteiger partial charge on any atom is 0.0512 e. The van der Waals surface area contributed by atoms with E-state index >= 15 is 0 Å². The van der Waals surface area contributed by atoms with E-state index in [2.05, 4.69) is 0 Å². The highest BCUT2D eigenvalue weighted by Gasteiger charge is 2.24. The van der Waals surface area contributed by atoms with Gasteiger partial charge in [-0.1, -0.05) is 29.8 Å². The molecule has 0 amide bonds. The van der Waals surface area contributed by atoms with Gasteiger partial charge in [0.1, 0.15) is 0 Å². The van der Waals surface area contributed by atoms with Gasteiger partial charge in [0, 0.05) is 23.6 Å². The predicted molar refractivity (Wildman–Crippen MR) is 66.7 cm³/mol. The van der Waals surface area contributed by atoms with Crippen molar-refractivity contribution in [3.8, 4) is 0 Å². The van der Waals surface area contributed by atoms with Crippen LogP contribution in [-0.4, -0.2) is 13.2 Å². The minimum atomic E-state index is -0.00676. The summed E-state index contributed by atoms with van der Waals surface area (Å²) < 4.78 is 5.47. The topological polar surface area (TPSA) is 35.2 Å². The molecular formula is C13H18ClNO. The highest BCUT2D eigenvalue weighted by Crippen LogP contribution is 2.32. The van der Waals surface area contributed by atoms with Crippen LogP contribution in [0.5, 0.6) is 0 Å². The highest BCUT2D eigenvalue weighted by atomic mass is 35.5. The molecule has 1 aliphatic heterocycles. The summed E-state index contributed by atoms with van der Waals surface area (Å²) in [4.78, 5) is 0. The Morgan fingerprint density at radius 3 is 3.00 bits per heavy atom. The number of halogens is 1. The number of ether oxygens (including phenoxy) is 1. The zero-order chi connectivity index (χ0) is 11.5. The molecule has 0 bridgehead atoms. The van der Waals surface area contributed by atoms with Gasteiger partial charge in [0.25, 0.3) is 0 Å². The van der Waals surface area contributed by atoms with Crippen LogP contribution in [0.25, 0.3) is 0 Å². The van der Waals surface area contributed by atoms with E-state index in [1.807, 2.05) is 25.1 Å². The summed E-state index contributed by atoms with van der Waals surface area (Å²) in [6, 6.07) is 6.04. The van der Waals surface area contributed by atoms with Crippen molar-refractivity contribution in [2.24, 2.45) is 11.7 Å². The third-order valence-electron chi connectivity index (χ3n) is 3.28. The summed E-state index contributed by atoms with van der Waals surface area (Å²) in [5.41, 5.74) is 8.42. The van der Waals surface area contributed by atoms with Crippen molar-refractivity contribution in [1.29, 1.82) is 0 Å². The van der Waals surface area contributed by atoms with Crippen molar-refractivity contribution < 1.29 is 4.74 Å². The van der Waals surface area contributed by atoms with Gasteiger partial charge in [-0.15, -0.1) is 0 Å². The molecule has 1 aromatic carbocycles. The van der Waals surface area contributed by atoms with E-state index in [0.29, 0.717) is 5.92 Å². The monoisotopic (exact) mass is 239 g/mol. The van der Waals surface area contributed by atoms with E-state index in [1.54, 1.807) is 0 Å². The molecular weight excluding hydrogens is 222 g/mol. The number of nitrogens with two attached hydrogens (primary N) is 1. The van der Waals surface area contributed by atoms with Crippen LogP contribution in [0, 0.1) is 12.8 Å². The summed E-state index contributed by atoms with van der Waals surface area (Å²) in [6.45, 7) is 3.63. The maximum atomic E-state index is 6.29. The first kappa shape index (κ1) is 11.9. The molecule has 0 spiro atoms. The third kappa shape index (κ3) is 2.40. The molecule has 1 aliphatic rings. The molecule has 2 rings (SSSR count). The number of aryl methyl sites for hydroxylation is 1. The first-order valence-electron chi connectivity index (χ1n) is 5.78. The molecule has 2 nitrogen and oxygen atoms in total. The van der Waals surface area contributed by atoms with Crippen LogP contribution in [0.3, 0.4) is 0 Å². The second-order valence-corrected chi connectivity index (χ2v) is 4.86. The van der Waals surface area contributed by atoms with Gasteiger partial charge in [0.2, 0.25) is 0 Å². The molecule has 88 valence electrons. The largest absolute Gasteiger partial charge is 0.381 e. The number of hydrogen-bond acceptors (Lipinski definition) is 2. The zero-order valence-electron chi connectivity index (χ0n) is 9.58. The normalized spacial score (nSPS) is 23.1. The summed E-state index contributed by atoms with van der Waals surface area (Å²) in [7, 11) is 0. The number of rotatable bonds is 2. The van der Waals surface area contributed by atoms with Crippen molar-refractivity contribution in [2.45, 2.75) is 25.8 Å². The van der Waals surface area contributed by atoms with E-state index < -0.39 is 0 Å². The van der Waals surface area contributed by atoms with Gasteiger partial charge in [-0.05, 0) is 30.9 Å². The number of hydrogen-bond donors (Lipinski definition) is 1. The molecule has 2 N–H and O–H groups in total. The van der Waals surface area contributed by atoms with Crippen LogP contribution < -0.4 is 5.73 Å². The minimum absolute atomic E-state index is 0.00676. The Bertz CT molecular complexity index is 361. The summed E-state index contributed by atoms with van der Waals surface area (Å²) in [5, 5.41) is 0.806. The van der Waals surface area contributed by atoms with Gasteiger partial charge < -0.3 is 10.5 Å². The minimum Gasteiger partial charge on any atom is -0.381 e. The van der Waals surface area contributed by atoms with Crippen molar-refractivity contribution in [2.75, 3.05) is 13.2 Å². The van der Waals surface area contributed by atoms with Crippen molar-refractivity contribution >= 4 is 11.6 Å². The fraction of sp³-hybridized carbons (Fsp3) is 0.538. The zero-order valence-corrected chi connectivity index (χ0v) is 10.3. The SMILES string of the molecule is Cc1cccc(C(N)C2CCCOC2)c1Cl.